The van der Waals surface area contributed by atoms with Crippen molar-refractivity contribution < 1.29 is 38.0 Å². The lowest BCUT2D eigenvalue weighted by molar-refractivity contribution is -0.176. The van der Waals surface area contributed by atoms with Crippen molar-refractivity contribution in [2.75, 3.05) is 12.3 Å². The van der Waals surface area contributed by atoms with Gasteiger partial charge in [-0.2, -0.15) is 0 Å². The average Bonchev–Trinajstić information content (AvgIpc) is 2.84. The van der Waals surface area contributed by atoms with Gasteiger partial charge in [0.05, 0.1) is 5.56 Å². The van der Waals surface area contributed by atoms with Crippen molar-refractivity contribution in [2.45, 2.75) is 30.6 Å². The van der Waals surface area contributed by atoms with Crippen LogP contribution in [-0.2, 0) is 14.8 Å². The minimum absolute atomic E-state index is 0.0126. The molecule has 10 nitrogen and oxygen atoms in total. The van der Waals surface area contributed by atoms with E-state index in [1.165, 1.54) is 18.2 Å². The van der Waals surface area contributed by atoms with Gasteiger partial charge in [-0.15, -0.1) is 0 Å². The number of nitrogen functional groups attached to an aromatic ring is 1. The normalized spacial score (nSPS) is 11.7. The molecule has 1 aliphatic carbocycles. The van der Waals surface area contributed by atoms with Gasteiger partial charge in [0.1, 0.15) is 5.58 Å². The van der Waals surface area contributed by atoms with Crippen molar-refractivity contribution in [2.24, 2.45) is 0 Å². The van der Waals surface area contributed by atoms with Gasteiger partial charge < -0.3 is 20.4 Å². The molecule has 1 aliphatic heterocycles. The molecule has 0 bridgehead atoms. The van der Waals surface area contributed by atoms with E-state index >= 15 is 0 Å². The Kier molecular flexibility index (Phi) is 7.28. The number of carboxylic acids is 2. The lowest BCUT2D eigenvalue weighted by Crippen LogP contribution is -2.49. The number of nitrogens with one attached hydrogen (secondary N) is 1. The number of hydrogen-bond donors (Lipinski definition) is 5. The molecule has 37 heavy (non-hydrogen) atoms. The quantitative estimate of drug-likeness (QED) is 0.118. The van der Waals surface area contributed by atoms with Gasteiger partial charge in [-0.05, 0) is 42.7 Å². The Labute approximate surface area is 212 Å². The summed E-state index contributed by atoms with van der Waals surface area (Å²) < 4.78 is 35.3. The molecular formula is C26H26N3O7S+. The van der Waals surface area contributed by atoms with E-state index in [9.17, 15) is 23.1 Å². The number of anilines is 1. The molecule has 0 atom stereocenters. The SMILES string of the molecule is Nc1ccc2c(-c3ccccc3C(=O)O)c3ccc(=[NH2+])c(S(=O)(=O)NCCCCCC(=O)O)c-3oc2c1. The number of carbonyl (C=O) groups is 2. The highest BCUT2D eigenvalue weighted by atomic mass is 32.2. The molecule has 0 saturated heterocycles. The van der Waals surface area contributed by atoms with E-state index in [1.54, 1.807) is 36.4 Å². The fourth-order valence-corrected chi connectivity index (χ4v) is 5.60. The highest BCUT2D eigenvalue weighted by Crippen LogP contribution is 2.43. The predicted octanol–water partition coefficient (Wildman–Crippen LogP) is 2.07. The lowest BCUT2D eigenvalue weighted by Gasteiger charge is -2.18. The number of nitrogens with two attached hydrogens (primary N) is 2. The van der Waals surface area contributed by atoms with Crippen molar-refractivity contribution >= 4 is 38.6 Å². The molecule has 192 valence electrons. The van der Waals surface area contributed by atoms with Crippen LogP contribution in [0.2, 0.25) is 0 Å². The maximum atomic E-state index is 13.4. The van der Waals surface area contributed by atoms with Crippen LogP contribution < -0.4 is 21.2 Å². The first-order valence-corrected chi connectivity index (χ1v) is 13.0. The van der Waals surface area contributed by atoms with Crippen LogP contribution in [0.1, 0.15) is 36.0 Å². The average molecular weight is 525 g/mol. The number of aliphatic carboxylic acids is 1. The first kappa shape index (κ1) is 25.9. The van der Waals surface area contributed by atoms with Crippen molar-refractivity contribution in [1.29, 1.82) is 0 Å². The fraction of sp³-hybridized carbons (Fsp3) is 0.192. The lowest BCUT2D eigenvalue weighted by atomic mass is 9.90. The summed E-state index contributed by atoms with van der Waals surface area (Å²) in [7, 11) is -4.16. The van der Waals surface area contributed by atoms with E-state index in [-0.39, 0.29) is 40.1 Å². The van der Waals surface area contributed by atoms with Crippen LogP contribution in [0.5, 0.6) is 0 Å². The van der Waals surface area contributed by atoms with E-state index in [2.05, 4.69) is 4.72 Å². The molecule has 0 spiro atoms. The van der Waals surface area contributed by atoms with Gasteiger partial charge in [-0.25, -0.2) is 17.9 Å². The zero-order valence-corrected chi connectivity index (χ0v) is 20.5. The molecule has 2 aromatic carbocycles. The van der Waals surface area contributed by atoms with Crippen LogP contribution in [0.15, 0.2) is 63.9 Å². The second-order valence-corrected chi connectivity index (χ2v) is 10.2. The van der Waals surface area contributed by atoms with Crippen LogP contribution >= 0.6 is 0 Å². The van der Waals surface area contributed by atoms with Crippen molar-refractivity contribution in [3.8, 4) is 22.5 Å². The first-order valence-electron chi connectivity index (χ1n) is 11.5. The number of hydrogen-bond acceptors (Lipinski definition) is 6. The van der Waals surface area contributed by atoms with Crippen LogP contribution in [-0.4, -0.2) is 37.1 Å². The third-order valence-corrected chi connectivity index (χ3v) is 7.50. The van der Waals surface area contributed by atoms with Gasteiger partial charge in [0.15, 0.2) is 10.7 Å². The number of rotatable bonds is 10. The molecule has 1 heterocycles. The molecular weight excluding hydrogens is 498 g/mol. The Balaban J connectivity index is 1.87. The maximum Gasteiger partial charge on any atom is 0.336 e. The van der Waals surface area contributed by atoms with Gasteiger partial charge in [-0.3, -0.25) is 10.2 Å². The summed E-state index contributed by atoms with van der Waals surface area (Å²) in [6.45, 7) is 0.0764. The summed E-state index contributed by atoms with van der Waals surface area (Å²) in [5, 5.41) is 25.2. The van der Waals surface area contributed by atoms with E-state index < -0.39 is 22.0 Å². The molecule has 11 heteroatoms. The van der Waals surface area contributed by atoms with E-state index in [0.717, 1.165) is 0 Å². The molecule has 0 aromatic heterocycles. The highest BCUT2D eigenvalue weighted by Gasteiger charge is 2.31. The van der Waals surface area contributed by atoms with Gasteiger partial charge in [-0.1, -0.05) is 24.6 Å². The Hall–Kier alpha value is -4.22. The Morgan fingerprint density at radius 1 is 0.973 bits per heavy atom. The minimum Gasteiger partial charge on any atom is -0.481 e. The summed E-state index contributed by atoms with van der Waals surface area (Å²) in [5.74, 6) is -2.08. The largest absolute Gasteiger partial charge is 0.481 e. The van der Waals surface area contributed by atoms with E-state index in [1.807, 2.05) is 0 Å². The maximum absolute atomic E-state index is 13.4. The van der Waals surface area contributed by atoms with Gasteiger partial charge in [0.2, 0.25) is 5.36 Å². The molecule has 7 N–H and O–H groups in total. The zero-order valence-electron chi connectivity index (χ0n) is 19.7. The minimum atomic E-state index is -4.16. The van der Waals surface area contributed by atoms with Crippen LogP contribution in [0.25, 0.3) is 33.4 Å². The van der Waals surface area contributed by atoms with E-state index in [0.29, 0.717) is 47.0 Å². The highest BCUT2D eigenvalue weighted by molar-refractivity contribution is 7.89. The Morgan fingerprint density at radius 2 is 1.73 bits per heavy atom. The van der Waals surface area contributed by atoms with Crippen molar-refractivity contribution in [3.05, 3.63) is 65.5 Å². The number of carboxylic acid groups (broad SMARTS) is 2. The smallest absolute Gasteiger partial charge is 0.336 e. The molecule has 2 aliphatic rings. The second-order valence-electron chi connectivity index (χ2n) is 8.55. The third kappa shape index (κ3) is 5.32. The van der Waals surface area contributed by atoms with Crippen molar-refractivity contribution in [3.63, 3.8) is 0 Å². The van der Waals surface area contributed by atoms with Crippen LogP contribution in [0, 0.1) is 0 Å². The Morgan fingerprint density at radius 3 is 2.46 bits per heavy atom. The number of benzene rings is 3. The second kappa shape index (κ2) is 10.4. The standard InChI is InChI=1S/C26H25N3O7S/c27-15-9-10-18-21(14-15)36-24-19(23(18)16-6-3-4-7-17(16)26(32)33)11-12-20(28)25(24)37(34,35)29-13-5-1-2-8-22(30)31/h3-4,6-7,9-12,14,28-29H,1-2,5,8,13,27H2,(H,30,31)(H,32,33)/p+1. The summed E-state index contributed by atoms with van der Waals surface area (Å²) in [5.41, 5.74) is 7.86. The summed E-state index contributed by atoms with van der Waals surface area (Å²) in [4.78, 5) is 22.4. The molecule has 0 fully saturated rings. The summed E-state index contributed by atoms with van der Waals surface area (Å²) in [6.07, 6.45) is 1.41. The Bertz CT molecular complexity index is 1640. The van der Waals surface area contributed by atoms with Crippen LogP contribution in [0.4, 0.5) is 5.69 Å². The molecule has 4 rings (SSSR count). The topological polar surface area (TPSA) is 186 Å². The van der Waals surface area contributed by atoms with Gasteiger partial charge in [0, 0.05) is 47.3 Å². The number of aromatic carboxylic acids is 1. The first-order chi connectivity index (χ1) is 17.6. The zero-order chi connectivity index (χ0) is 26.7. The predicted molar refractivity (Wildman–Crippen MR) is 136 cm³/mol. The number of fused-ring (bicyclic) bond motifs is 2. The molecule has 0 saturated carbocycles. The van der Waals surface area contributed by atoms with Gasteiger partial charge >= 0.3 is 11.9 Å². The monoisotopic (exact) mass is 524 g/mol. The summed E-state index contributed by atoms with van der Waals surface area (Å²) >= 11 is 0. The molecule has 0 radical (unpaired) electrons. The number of unbranched alkanes of at least 4 members (excludes halogenated alkanes) is 2. The van der Waals surface area contributed by atoms with E-state index in [4.69, 9.17) is 20.7 Å². The fourth-order valence-electron chi connectivity index (χ4n) is 4.27. The third-order valence-electron chi connectivity index (χ3n) is 5.95. The van der Waals surface area contributed by atoms with Crippen molar-refractivity contribution in [1.82, 2.24) is 4.72 Å². The molecule has 2 aromatic rings. The molecule has 0 unspecified atom stereocenters. The number of sulfonamides is 1. The van der Waals surface area contributed by atoms with Gasteiger partial charge in [0.25, 0.3) is 10.0 Å². The summed E-state index contributed by atoms with van der Waals surface area (Å²) in [6, 6.07) is 14.3. The molecule has 0 amide bonds. The van der Waals surface area contributed by atoms with Crippen LogP contribution in [0.3, 0.4) is 0 Å².